The standard InChI is InChI=1S/C17H26ClN3O2/c18-16-10-15(23-20-16)7-8-17(22)19-11-13-4-3-9-21(12-13)14-5-1-2-6-14/h10,13-14H,1-9,11-12H2,(H,19,22). The molecule has 1 aromatic rings. The first-order valence-corrected chi connectivity index (χ1v) is 9.20. The molecule has 1 aliphatic heterocycles. The van der Waals surface area contributed by atoms with E-state index in [0.717, 1.165) is 19.1 Å². The molecule has 23 heavy (non-hydrogen) atoms. The third-order valence-electron chi connectivity index (χ3n) is 5.11. The van der Waals surface area contributed by atoms with Crippen molar-refractivity contribution in [1.29, 1.82) is 0 Å². The third kappa shape index (κ3) is 4.95. The smallest absolute Gasteiger partial charge is 0.220 e. The minimum absolute atomic E-state index is 0.0792. The van der Waals surface area contributed by atoms with Gasteiger partial charge in [0.1, 0.15) is 5.76 Å². The van der Waals surface area contributed by atoms with Crippen LogP contribution in [0.3, 0.4) is 0 Å². The number of nitrogens with zero attached hydrogens (tertiary/aromatic N) is 2. The van der Waals surface area contributed by atoms with Crippen molar-refractivity contribution in [2.24, 2.45) is 5.92 Å². The van der Waals surface area contributed by atoms with Gasteiger partial charge in [0.25, 0.3) is 0 Å². The fourth-order valence-corrected chi connectivity index (χ4v) is 4.01. The maximum absolute atomic E-state index is 12.0. The van der Waals surface area contributed by atoms with Gasteiger partial charge in [-0.2, -0.15) is 0 Å². The number of rotatable bonds is 6. The molecule has 0 radical (unpaired) electrons. The summed E-state index contributed by atoms with van der Waals surface area (Å²) in [5.74, 6) is 1.33. The van der Waals surface area contributed by atoms with Gasteiger partial charge in [-0.3, -0.25) is 4.79 Å². The van der Waals surface area contributed by atoms with Crippen LogP contribution in [0.2, 0.25) is 5.15 Å². The fourth-order valence-electron chi connectivity index (χ4n) is 3.85. The molecule has 2 heterocycles. The number of likely N-dealkylation sites (tertiary alicyclic amines) is 1. The molecule has 5 nitrogen and oxygen atoms in total. The maximum atomic E-state index is 12.0. The van der Waals surface area contributed by atoms with Crippen molar-refractivity contribution < 1.29 is 9.32 Å². The summed E-state index contributed by atoms with van der Waals surface area (Å²) < 4.78 is 5.01. The van der Waals surface area contributed by atoms with Crippen molar-refractivity contribution in [1.82, 2.24) is 15.4 Å². The molecule has 0 aromatic carbocycles. The number of hydrogen-bond acceptors (Lipinski definition) is 4. The Kier molecular flexibility index (Phi) is 5.95. The van der Waals surface area contributed by atoms with E-state index in [9.17, 15) is 4.79 Å². The summed E-state index contributed by atoms with van der Waals surface area (Å²) >= 11 is 5.70. The highest BCUT2D eigenvalue weighted by atomic mass is 35.5. The molecule has 6 heteroatoms. The maximum Gasteiger partial charge on any atom is 0.220 e. The van der Waals surface area contributed by atoms with E-state index in [1.807, 2.05) is 0 Å². The Labute approximate surface area is 142 Å². The van der Waals surface area contributed by atoms with Crippen LogP contribution in [0, 0.1) is 5.92 Å². The number of aryl methyl sites for hydroxylation is 1. The van der Waals surface area contributed by atoms with Crippen LogP contribution in [0.4, 0.5) is 0 Å². The van der Waals surface area contributed by atoms with Crippen LogP contribution in [0.25, 0.3) is 0 Å². The summed E-state index contributed by atoms with van der Waals surface area (Å²) in [5, 5.41) is 7.04. The lowest BCUT2D eigenvalue weighted by Gasteiger charge is -2.36. The van der Waals surface area contributed by atoms with Crippen molar-refractivity contribution in [3.63, 3.8) is 0 Å². The second kappa shape index (κ2) is 8.15. The zero-order valence-corrected chi connectivity index (χ0v) is 14.4. The Bertz CT molecular complexity index is 514. The van der Waals surface area contributed by atoms with Gasteiger partial charge in [-0.25, -0.2) is 0 Å². The molecule has 2 fully saturated rings. The van der Waals surface area contributed by atoms with Crippen molar-refractivity contribution in [3.05, 3.63) is 17.0 Å². The highest BCUT2D eigenvalue weighted by molar-refractivity contribution is 6.29. The number of carbonyl (C=O) groups is 1. The number of halogens is 1. The first-order chi connectivity index (χ1) is 11.2. The van der Waals surface area contributed by atoms with E-state index in [4.69, 9.17) is 16.1 Å². The first-order valence-electron chi connectivity index (χ1n) is 8.82. The lowest BCUT2D eigenvalue weighted by molar-refractivity contribution is -0.121. The van der Waals surface area contributed by atoms with Gasteiger partial charge in [0.2, 0.25) is 5.91 Å². The summed E-state index contributed by atoms with van der Waals surface area (Å²) in [7, 11) is 0. The summed E-state index contributed by atoms with van der Waals surface area (Å²) in [6, 6.07) is 2.46. The quantitative estimate of drug-likeness (QED) is 0.865. The Morgan fingerprint density at radius 1 is 1.35 bits per heavy atom. The molecule has 1 saturated heterocycles. The molecule has 2 aliphatic rings. The number of hydrogen-bond donors (Lipinski definition) is 1. The molecule has 128 valence electrons. The number of carbonyl (C=O) groups excluding carboxylic acids is 1. The lowest BCUT2D eigenvalue weighted by atomic mass is 9.96. The van der Waals surface area contributed by atoms with Crippen LogP contribution >= 0.6 is 11.6 Å². The van der Waals surface area contributed by atoms with Gasteiger partial charge in [0.15, 0.2) is 5.15 Å². The van der Waals surface area contributed by atoms with Gasteiger partial charge in [0.05, 0.1) is 0 Å². The van der Waals surface area contributed by atoms with E-state index in [2.05, 4.69) is 15.4 Å². The zero-order valence-electron chi connectivity index (χ0n) is 13.6. The Hall–Kier alpha value is -1.07. The fraction of sp³-hybridized carbons (Fsp3) is 0.765. The second-order valence-electron chi connectivity index (χ2n) is 6.86. The van der Waals surface area contributed by atoms with Crippen molar-refractivity contribution in [2.45, 2.75) is 57.4 Å². The molecular weight excluding hydrogens is 314 g/mol. The molecule has 1 amide bonds. The van der Waals surface area contributed by atoms with E-state index in [1.54, 1.807) is 6.07 Å². The minimum atomic E-state index is 0.0792. The van der Waals surface area contributed by atoms with Gasteiger partial charge in [-0.1, -0.05) is 29.6 Å². The average molecular weight is 340 g/mol. The number of amides is 1. The van der Waals surface area contributed by atoms with E-state index in [0.29, 0.717) is 29.7 Å². The number of aromatic nitrogens is 1. The largest absolute Gasteiger partial charge is 0.360 e. The monoisotopic (exact) mass is 339 g/mol. The minimum Gasteiger partial charge on any atom is -0.360 e. The summed E-state index contributed by atoms with van der Waals surface area (Å²) in [5.41, 5.74) is 0. The lowest BCUT2D eigenvalue weighted by Crippen LogP contribution is -2.44. The molecular formula is C17H26ClN3O2. The average Bonchev–Trinajstić information content (AvgIpc) is 3.23. The molecule has 1 saturated carbocycles. The highest BCUT2D eigenvalue weighted by Crippen LogP contribution is 2.27. The van der Waals surface area contributed by atoms with Crippen molar-refractivity contribution in [3.8, 4) is 0 Å². The van der Waals surface area contributed by atoms with E-state index >= 15 is 0 Å². The summed E-state index contributed by atoms with van der Waals surface area (Å²) in [6.45, 7) is 3.17. The predicted molar refractivity (Wildman–Crippen MR) is 89.4 cm³/mol. The van der Waals surface area contributed by atoms with Gasteiger partial charge in [0, 0.05) is 38.0 Å². The van der Waals surface area contributed by atoms with Crippen LogP contribution in [0.15, 0.2) is 10.6 Å². The molecule has 1 aliphatic carbocycles. The predicted octanol–water partition coefficient (Wildman–Crippen LogP) is 3.03. The van der Waals surface area contributed by atoms with Crippen LogP contribution in [0.1, 0.15) is 50.7 Å². The molecule has 3 rings (SSSR count). The van der Waals surface area contributed by atoms with Crippen molar-refractivity contribution >= 4 is 17.5 Å². The Morgan fingerprint density at radius 2 is 2.17 bits per heavy atom. The number of piperidine rings is 1. The van der Waals surface area contributed by atoms with E-state index < -0.39 is 0 Å². The normalized spacial score (nSPS) is 23.3. The topological polar surface area (TPSA) is 58.4 Å². The van der Waals surface area contributed by atoms with Crippen LogP contribution in [-0.2, 0) is 11.2 Å². The summed E-state index contributed by atoms with van der Waals surface area (Å²) in [6.07, 6.45) is 8.93. The van der Waals surface area contributed by atoms with E-state index in [1.165, 1.54) is 45.1 Å². The third-order valence-corrected chi connectivity index (χ3v) is 5.29. The molecule has 1 aromatic heterocycles. The Morgan fingerprint density at radius 3 is 2.91 bits per heavy atom. The molecule has 1 unspecified atom stereocenters. The summed E-state index contributed by atoms with van der Waals surface area (Å²) in [4.78, 5) is 14.6. The van der Waals surface area contributed by atoms with Crippen molar-refractivity contribution in [2.75, 3.05) is 19.6 Å². The van der Waals surface area contributed by atoms with E-state index in [-0.39, 0.29) is 5.91 Å². The van der Waals surface area contributed by atoms with Crippen LogP contribution in [-0.4, -0.2) is 41.6 Å². The van der Waals surface area contributed by atoms with Gasteiger partial charge < -0.3 is 14.7 Å². The number of nitrogens with one attached hydrogen (secondary N) is 1. The molecule has 0 bridgehead atoms. The molecule has 1 atom stereocenters. The zero-order chi connectivity index (χ0) is 16.1. The van der Waals surface area contributed by atoms with Crippen LogP contribution in [0.5, 0.6) is 0 Å². The molecule has 1 N–H and O–H groups in total. The SMILES string of the molecule is O=C(CCc1cc(Cl)no1)NCC1CCCN(C2CCCC2)C1. The van der Waals surface area contributed by atoms with Gasteiger partial charge >= 0.3 is 0 Å². The van der Waals surface area contributed by atoms with Gasteiger partial charge in [-0.05, 0) is 38.1 Å². The Balaban J connectivity index is 1.36. The highest BCUT2D eigenvalue weighted by Gasteiger charge is 2.27. The second-order valence-corrected chi connectivity index (χ2v) is 7.25. The van der Waals surface area contributed by atoms with Gasteiger partial charge in [-0.15, -0.1) is 0 Å². The first kappa shape index (κ1) is 16.8. The molecule has 0 spiro atoms. The van der Waals surface area contributed by atoms with Crippen LogP contribution < -0.4 is 5.32 Å².